The Labute approximate surface area is 121 Å². The molecule has 0 atom stereocenters. The lowest BCUT2D eigenvalue weighted by Crippen LogP contribution is -2.12. The van der Waals surface area contributed by atoms with Gasteiger partial charge in [0.25, 0.3) is 0 Å². The average Bonchev–Trinajstić information content (AvgIpc) is 2.51. The van der Waals surface area contributed by atoms with Crippen LogP contribution in [0.5, 0.6) is 5.75 Å². The molecule has 7 heteroatoms. The molecule has 0 unspecified atom stereocenters. The first-order chi connectivity index (χ1) is 10.0. The maximum atomic E-state index is 12.4. The standard InChI is InChI=1S/C14H15N3O4/c1-4-21-14(19)9(2)12(16-17-15)13(18)10-6-5-7-11(8-10)20-3/h5-8H,4H2,1-3H3/b12-9+. The molecule has 0 spiro atoms. The Kier molecular flexibility index (Phi) is 5.98. The van der Waals surface area contributed by atoms with Crippen LogP contribution in [0.1, 0.15) is 24.2 Å². The van der Waals surface area contributed by atoms with Gasteiger partial charge >= 0.3 is 5.97 Å². The van der Waals surface area contributed by atoms with Gasteiger partial charge < -0.3 is 9.47 Å². The molecule has 1 aromatic carbocycles. The predicted molar refractivity (Wildman–Crippen MR) is 75.8 cm³/mol. The highest BCUT2D eigenvalue weighted by atomic mass is 16.5. The lowest BCUT2D eigenvalue weighted by atomic mass is 10.0. The number of benzene rings is 1. The minimum absolute atomic E-state index is 0.0394. The van der Waals surface area contributed by atoms with Gasteiger partial charge in [-0.15, -0.1) is 0 Å². The van der Waals surface area contributed by atoms with E-state index in [0.29, 0.717) is 5.75 Å². The molecule has 110 valence electrons. The number of ketones is 1. The summed E-state index contributed by atoms with van der Waals surface area (Å²) in [6.07, 6.45) is 0. The van der Waals surface area contributed by atoms with Gasteiger partial charge in [0.1, 0.15) is 5.75 Å². The molecule has 0 amide bonds. The SMILES string of the molecule is CCOC(=O)/C(C)=C(/N=[N+]=[N-])C(=O)c1cccc(OC)c1. The van der Waals surface area contributed by atoms with E-state index >= 15 is 0 Å². The normalized spacial score (nSPS) is 11.0. The first kappa shape index (κ1) is 16.3. The van der Waals surface area contributed by atoms with Crippen LogP contribution >= 0.6 is 0 Å². The first-order valence-electron chi connectivity index (χ1n) is 6.17. The Morgan fingerprint density at radius 1 is 1.38 bits per heavy atom. The van der Waals surface area contributed by atoms with Crippen molar-refractivity contribution in [1.82, 2.24) is 0 Å². The van der Waals surface area contributed by atoms with Crippen LogP contribution in [0.25, 0.3) is 10.4 Å². The second-order valence-electron chi connectivity index (χ2n) is 3.94. The molecule has 0 bridgehead atoms. The minimum atomic E-state index is -0.698. The zero-order valence-corrected chi connectivity index (χ0v) is 12.0. The van der Waals surface area contributed by atoms with Crippen LogP contribution in [0.2, 0.25) is 0 Å². The van der Waals surface area contributed by atoms with Crippen LogP contribution < -0.4 is 4.74 Å². The molecule has 0 saturated carbocycles. The van der Waals surface area contributed by atoms with Gasteiger partial charge in [0.2, 0.25) is 0 Å². The van der Waals surface area contributed by atoms with Crippen molar-refractivity contribution in [3.8, 4) is 5.75 Å². The molecule has 0 N–H and O–H groups in total. The first-order valence-corrected chi connectivity index (χ1v) is 6.17. The summed E-state index contributed by atoms with van der Waals surface area (Å²) < 4.78 is 9.83. The van der Waals surface area contributed by atoms with Crippen LogP contribution in [-0.2, 0) is 9.53 Å². The summed E-state index contributed by atoms with van der Waals surface area (Å²) in [4.78, 5) is 26.6. The highest BCUT2D eigenvalue weighted by Crippen LogP contribution is 2.19. The number of hydrogen-bond acceptors (Lipinski definition) is 5. The Morgan fingerprint density at radius 2 is 2.10 bits per heavy atom. The quantitative estimate of drug-likeness (QED) is 0.200. The topological polar surface area (TPSA) is 101 Å². The molecular formula is C14H15N3O4. The van der Waals surface area contributed by atoms with E-state index < -0.39 is 11.8 Å². The van der Waals surface area contributed by atoms with Crippen LogP contribution in [0.3, 0.4) is 0 Å². The van der Waals surface area contributed by atoms with Crippen molar-refractivity contribution in [3.63, 3.8) is 0 Å². The van der Waals surface area contributed by atoms with E-state index in [4.69, 9.17) is 15.0 Å². The monoisotopic (exact) mass is 289 g/mol. The van der Waals surface area contributed by atoms with Crippen molar-refractivity contribution in [2.24, 2.45) is 5.11 Å². The molecule has 0 saturated heterocycles. The van der Waals surface area contributed by atoms with Gasteiger partial charge in [-0.1, -0.05) is 17.2 Å². The number of ether oxygens (including phenoxy) is 2. The van der Waals surface area contributed by atoms with Crippen molar-refractivity contribution in [2.45, 2.75) is 13.8 Å². The summed E-state index contributed by atoms with van der Waals surface area (Å²) in [5.41, 5.74) is 8.51. The maximum absolute atomic E-state index is 12.4. The van der Waals surface area contributed by atoms with E-state index in [2.05, 4.69) is 10.0 Å². The van der Waals surface area contributed by atoms with Crippen molar-refractivity contribution >= 4 is 11.8 Å². The Bertz CT molecular complexity index is 631. The fourth-order valence-corrected chi connectivity index (χ4v) is 1.57. The average molecular weight is 289 g/mol. The van der Waals surface area contributed by atoms with E-state index in [1.807, 2.05) is 0 Å². The van der Waals surface area contributed by atoms with Crippen LogP contribution in [0.4, 0.5) is 0 Å². The number of Topliss-reactive ketones (excluding diaryl/α,β-unsaturated/α-hetero) is 1. The minimum Gasteiger partial charge on any atom is -0.497 e. The molecule has 0 aromatic heterocycles. The molecule has 0 aliphatic rings. The fraction of sp³-hybridized carbons (Fsp3) is 0.286. The zero-order chi connectivity index (χ0) is 15.8. The summed E-state index contributed by atoms with van der Waals surface area (Å²) in [7, 11) is 1.47. The van der Waals surface area contributed by atoms with E-state index in [0.717, 1.165) is 0 Å². The number of carbonyl (C=O) groups excluding carboxylic acids is 2. The third kappa shape index (κ3) is 4.09. The summed E-state index contributed by atoms with van der Waals surface area (Å²) in [6.45, 7) is 3.18. The lowest BCUT2D eigenvalue weighted by molar-refractivity contribution is -0.138. The molecule has 0 fully saturated rings. The number of allylic oxidation sites excluding steroid dienone is 1. The summed E-state index contributed by atoms with van der Waals surface area (Å²) in [5, 5.41) is 3.33. The van der Waals surface area contributed by atoms with Gasteiger partial charge in [-0.3, -0.25) is 4.79 Å². The highest BCUT2D eigenvalue weighted by molar-refractivity contribution is 6.12. The summed E-state index contributed by atoms with van der Waals surface area (Å²) in [5.74, 6) is -0.789. The predicted octanol–water partition coefficient (Wildman–Crippen LogP) is 3.03. The van der Waals surface area contributed by atoms with E-state index in [-0.39, 0.29) is 23.4 Å². The zero-order valence-electron chi connectivity index (χ0n) is 12.0. The summed E-state index contributed by atoms with van der Waals surface area (Å²) in [6, 6.07) is 6.33. The number of methoxy groups -OCH3 is 1. The van der Waals surface area contributed by atoms with E-state index in [1.165, 1.54) is 26.2 Å². The second kappa shape index (κ2) is 7.72. The third-order valence-corrected chi connectivity index (χ3v) is 2.63. The Balaban J connectivity index is 3.27. The van der Waals surface area contributed by atoms with Gasteiger partial charge in [0.15, 0.2) is 5.78 Å². The molecule has 0 aliphatic heterocycles. The molecule has 21 heavy (non-hydrogen) atoms. The van der Waals surface area contributed by atoms with E-state index in [1.54, 1.807) is 19.1 Å². The molecule has 0 aliphatic carbocycles. The van der Waals surface area contributed by atoms with E-state index in [9.17, 15) is 9.59 Å². The van der Waals surface area contributed by atoms with Gasteiger partial charge in [-0.25, -0.2) is 4.79 Å². The van der Waals surface area contributed by atoms with Crippen molar-refractivity contribution in [1.29, 1.82) is 0 Å². The maximum Gasteiger partial charge on any atom is 0.334 e. The third-order valence-electron chi connectivity index (χ3n) is 2.63. The molecule has 0 radical (unpaired) electrons. The summed E-state index contributed by atoms with van der Waals surface area (Å²) >= 11 is 0. The van der Waals surface area contributed by atoms with Crippen LogP contribution in [0.15, 0.2) is 40.6 Å². The number of rotatable bonds is 6. The largest absolute Gasteiger partial charge is 0.497 e. The number of nitrogens with zero attached hydrogens (tertiary/aromatic N) is 3. The van der Waals surface area contributed by atoms with Gasteiger partial charge in [0.05, 0.1) is 19.4 Å². The van der Waals surface area contributed by atoms with Gasteiger partial charge in [-0.2, -0.15) is 0 Å². The van der Waals surface area contributed by atoms with Crippen LogP contribution in [0, 0.1) is 0 Å². The smallest absolute Gasteiger partial charge is 0.334 e. The lowest BCUT2D eigenvalue weighted by Gasteiger charge is -2.07. The molecule has 1 rings (SSSR count). The second-order valence-corrected chi connectivity index (χ2v) is 3.94. The Hall–Kier alpha value is -2.79. The van der Waals surface area contributed by atoms with Gasteiger partial charge in [0, 0.05) is 16.0 Å². The molecule has 7 nitrogen and oxygen atoms in total. The Morgan fingerprint density at radius 3 is 2.67 bits per heavy atom. The highest BCUT2D eigenvalue weighted by Gasteiger charge is 2.19. The van der Waals surface area contributed by atoms with Crippen molar-refractivity contribution in [3.05, 3.63) is 51.5 Å². The van der Waals surface area contributed by atoms with Gasteiger partial charge in [-0.05, 0) is 31.5 Å². The van der Waals surface area contributed by atoms with Crippen molar-refractivity contribution < 1.29 is 19.1 Å². The van der Waals surface area contributed by atoms with Crippen LogP contribution in [-0.4, -0.2) is 25.5 Å². The molecule has 0 heterocycles. The number of esters is 1. The van der Waals surface area contributed by atoms with Crippen molar-refractivity contribution in [2.75, 3.05) is 13.7 Å². The number of azide groups is 1. The fourth-order valence-electron chi connectivity index (χ4n) is 1.57. The molecular weight excluding hydrogens is 274 g/mol. The number of carbonyl (C=O) groups is 2. The molecule has 1 aromatic rings. The number of hydrogen-bond donors (Lipinski definition) is 0.